The summed E-state index contributed by atoms with van der Waals surface area (Å²) in [7, 11) is 0. The van der Waals surface area contributed by atoms with Gasteiger partial charge in [-0.2, -0.15) is 0 Å². The van der Waals surface area contributed by atoms with Gasteiger partial charge in [0.25, 0.3) is 5.92 Å². The summed E-state index contributed by atoms with van der Waals surface area (Å²) < 4.78 is 53.0. The molecule has 1 aliphatic heterocycles. The number of likely N-dealkylation sites (tertiary alicyclic amines) is 1. The van der Waals surface area contributed by atoms with E-state index in [4.69, 9.17) is 0 Å². The third-order valence-electron chi connectivity index (χ3n) is 2.77. The van der Waals surface area contributed by atoms with Crippen molar-refractivity contribution in [1.82, 2.24) is 4.90 Å². The summed E-state index contributed by atoms with van der Waals surface area (Å²) in [4.78, 5) is 1.36. The average Bonchev–Trinajstić information content (AvgIpc) is 2.59. The quantitative estimate of drug-likeness (QED) is 0.596. The molecule has 1 aliphatic rings. The first-order chi connectivity index (χ1) is 7.89. The zero-order valence-corrected chi connectivity index (χ0v) is 10.4. The Morgan fingerprint density at radius 1 is 1.29 bits per heavy atom. The van der Waals surface area contributed by atoms with E-state index in [0.29, 0.717) is 0 Å². The predicted octanol–water partition coefficient (Wildman–Crippen LogP) is 3.57. The van der Waals surface area contributed by atoms with Crippen LogP contribution in [0.5, 0.6) is 0 Å². The summed E-state index contributed by atoms with van der Waals surface area (Å²) in [6, 6.07) is 2.38. The van der Waals surface area contributed by atoms with Crippen LogP contribution in [0.4, 0.5) is 17.6 Å². The number of nitrogens with zero attached hydrogens (tertiary/aromatic N) is 1. The van der Waals surface area contributed by atoms with Gasteiger partial charge in [-0.05, 0) is 28.1 Å². The van der Waals surface area contributed by atoms with Crippen molar-refractivity contribution in [2.24, 2.45) is 0 Å². The minimum atomic E-state index is -2.75. The summed E-state index contributed by atoms with van der Waals surface area (Å²) in [6.07, 6.45) is -0.260. The van der Waals surface area contributed by atoms with Crippen molar-refractivity contribution in [2.45, 2.75) is 18.9 Å². The lowest BCUT2D eigenvalue weighted by atomic mass is 10.2. The molecule has 1 aromatic carbocycles. The Bertz CT molecular complexity index is 436. The van der Waals surface area contributed by atoms with Gasteiger partial charge >= 0.3 is 0 Å². The highest BCUT2D eigenvalue weighted by atomic mass is 79.9. The fourth-order valence-electron chi connectivity index (χ4n) is 1.88. The number of halogens is 5. The molecule has 94 valence electrons. The second-order valence-electron chi connectivity index (χ2n) is 4.14. The van der Waals surface area contributed by atoms with Crippen LogP contribution in [0.25, 0.3) is 0 Å². The topological polar surface area (TPSA) is 3.24 Å². The summed E-state index contributed by atoms with van der Waals surface area (Å²) in [5.74, 6) is -4.18. The number of rotatable bonds is 2. The summed E-state index contributed by atoms with van der Waals surface area (Å²) in [5.41, 5.74) is -0.169. The van der Waals surface area contributed by atoms with E-state index in [0.717, 1.165) is 6.07 Å². The molecule has 0 amide bonds. The maximum absolute atomic E-state index is 13.6. The van der Waals surface area contributed by atoms with Gasteiger partial charge in [-0.25, -0.2) is 17.6 Å². The van der Waals surface area contributed by atoms with E-state index in [1.807, 2.05) is 0 Å². The molecule has 1 fully saturated rings. The van der Waals surface area contributed by atoms with Crippen molar-refractivity contribution < 1.29 is 17.6 Å². The first-order valence-electron chi connectivity index (χ1n) is 5.11. The molecule has 0 spiro atoms. The maximum atomic E-state index is 13.6. The molecule has 0 saturated carbocycles. The molecular formula is C11H10BrF4N. The van der Waals surface area contributed by atoms with Crippen LogP contribution in [0.3, 0.4) is 0 Å². The van der Waals surface area contributed by atoms with Crippen LogP contribution < -0.4 is 0 Å². The van der Waals surface area contributed by atoms with E-state index in [9.17, 15) is 17.6 Å². The zero-order chi connectivity index (χ0) is 12.6. The standard InChI is InChI=1S/C11H10BrF4N/c12-8-1-2-9(13)7(10(8)14)5-17-4-3-11(15,16)6-17/h1-2H,3-6H2. The van der Waals surface area contributed by atoms with Crippen molar-refractivity contribution in [3.63, 3.8) is 0 Å². The molecule has 1 nitrogen and oxygen atoms in total. The van der Waals surface area contributed by atoms with E-state index >= 15 is 0 Å². The first-order valence-corrected chi connectivity index (χ1v) is 5.91. The minimum absolute atomic E-state index is 0.132. The van der Waals surface area contributed by atoms with Crippen molar-refractivity contribution in [1.29, 1.82) is 0 Å². The lowest BCUT2D eigenvalue weighted by Gasteiger charge is -2.16. The van der Waals surface area contributed by atoms with Gasteiger partial charge in [-0.15, -0.1) is 0 Å². The fraction of sp³-hybridized carbons (Fsp3) is 0.455. The van der Waals surface area contributed by atoms with Gasteiger partial charge in [-0.3, -0.25) is 4.90 Å². The van der Waals surface area contributed by atoms with E-state index in [1.165, 1.54) is 11.0 Å². The summed E-state index contributed by atoms with van der Waals surface area (Å²) in [6.45, 7) is -0.427. The molecule has 0 atom stereocenters. The van der Waals surface area contributed by atoms with E-state index in [1.54, 1.807) is 0 Å². The first kappa shape index (κ1) is 12.8. The molecule has 0 aliphatic carbocycles. The van der Waals surface area contributed by atoms with Gasteiger partial charge in [0.2, 0.25) is 0 Å². The van der Waals surface area contributed by atoms with E-state index < -0.39 is 24.1 Å². The van der Waals surface area contributed by atoms with Crippen LogP contribution in [0, 0.1) is 11.6 Å². The molecule has 0 aromatic heterocycles. The van der Waals surface area contributed by atoms with E-state index in [-0.39, 0.29) is 29.5 Å². The van der Waals surface area contributed by atoms with Crippen molar-refractivity contribution in [3.05, 3.63) is 33.8 Å². The normalized spacial score (nSPS) is 19.8. The third-order valence-corrected chi connectivity index (χ3v) is 3.38. The Kier molecular flexibility index (Phi) is 3.45. The predicted molar refractivity (Wildman–Crippen MR) is 58.9 cm³/mol. The molecule has 0 N–H and O–H groups in total. The number of hydrogen-bond acceptors (Lipinski definition) is 1. The largest absolute Gasteiger partial charge is 0.293 e. The van der Waals surface area contributed by atoms with Gasteiger partial charge in [0.15, 0.2) is 0 Å². The Labute approximate surface area is 105 Å². The lowest BCUT2D eigenvalue weighted by Crippen LogP contribution is -2.25. The minimum Gasteiger partial charge on any atom is -0.293 e. The van der Waals surface area contributed by atoms with E-state index in [2.05, 4.69) is 15.9 Å². The Morgan fingerprint density at radius 3 is 2.59 bits per heavy atom. The highest BCUT2D eigenvalue weighted by Gasteiger charge is 2.38. The lowest BCUT2D eigenvalue weighted by molar-refractivity contribution is 0.0113. The Hall–Kier alpha value is -0.620. The Morgan fingerprint density at radius 2 is 2.00 bits per heavy atom. The summed E-state index contributed by atoms with van der Waals surface area (Å²) >= 11 is 2.94. The maximum Gasteiger partial charge on any atom is 0.261 e. The van der Waals surface area contributed by atoms with Gasteiger partial charge in [0, 0.05) is 25.1 Å². The van der Waals surface area contributed by atoms with Crippen molar-refractivity contribution >= 4 is 15.9 Å². The highest BCUT2D eigenvalue weighted by molar-refractivity contribution is 9.10. The summed E-state index contributed by atoms with van der Waals surface area (Å²) in [5, 5.41) is 0. The average molecular weight is 312 g/mol. The van der Waals surface area contributed by atoms with Gasteiger partial charge in [-0.1, -0.05) is 0 Å². The fourth-order valence-corrected chi connectivity index (χ4v) is 2.25. The second kappa shape index (κ2) is 4.57. The monoisotopic (exact) mass is 311 g/mol. The SMILES string of the molecule is Fc1ccc(Br)c(F)c1CN1CCC(F)(F)C1. The van der Waals surface area contributed by atoms with Crippen LogP contribution in [0.2, 0.25) is 0 Å². The smallest absolute Gasteiger partial charge is 0.261 e. The highest BCUT2D eigenvalue weighted by Crippen LogP contribution is 2.29. The van der Waals surface area contributed by atoms with Crippen LogP contribution in [0.15, 0.2) is 16.6 Å². The molecular weight excluding hydrogens is 302 g/mol. The molecule has 0 bridgehead atoms. The van der Waals surface area contributed by atoms with Crippen LogP contribution >= 0.6 is 15.9 Å². The molecule has 2 rings (SSSR count). The van der Waals surface area contributed by atoms with Gasteiger partial charge in [0.05, 0.1) is 11.0 Å². The van der Waals surface area contributed by atoms with Gasteiger partial charge < -0.3 is 0 Å². The molecule has 1 heterocycles. The van der Waals surface area contributed by atoms with Crippen LogP contribution in [0.1, 0.15) is 12.0 Å². The van der Waals surface area contributed by atoms with Gasteiger partial charge in [0.1, 0.15) is 11.6 Å². The number of hydrogen-bond donors (Lipinski definition) is 0. The number of alkyl halides is 2. The Balaban J connectivity index is 2.17. The third kappa shape index (κ3) is 2.80. The van der Waals surface area contributed by atoms with Crippen molar-refractivity contribution in [3.8, 4) is 0 Å². The van der Waals surface area contributed by atoms with Crippen molar-refractivity contribution in [2.75, 3.05) is 13.1 Å². The number of benzene rings is 1. The van der Waals surface area contributed by atoms with Crippen LogP contribution in [-0.4, -0.2) is 23.9 Å². The molecule has 0 unspecified atom stereocenters. The molecule has 17 heavy (non-hydrogen) atoms. The molecule has 0 radical (unpaired) electrons. The zero-order valence-electron chi connectivity index (χ0n) is 8.82. The van der Waals surface area contributed by atoms with Crippen LogP contribution in [-0.2, 0) is 6.54 Å². The molecule has 1 aromatic rings. The molecule has 6 heteroatoms. The second-order valence-corrected chi connectivity index (χ2v) is 4.99. The molecule has 1 saturated heterocycles.